The van der Waals surface area contributed by atoms with Gasteiger partial charge >= 0.3 is 0 Å². The molecule has 0 fully saturated rings. The first kappa shape index (κ1) is 14.1. The fraction of sp³-hybridized carbons (Fsp3) is 0.188. The highest BCUT2D eigenvalue weighted by molar-refractivity contribution is 5.90. The van der Waals surface area contributed by atoms with Gasteiger partial charge in [0, 0.05) is 36.8 Å². The van der Waals surface area contributed by atoms with E-state index in [1.807, 2.05) is 22.9 Å². The van der Waals surface area contributed by atoms with Gasteiger partial charge in [0.1, 0.15) is 0 Å². The van der Waals surface area contributed by atoms with Crippen LogP contribution in [0.25, 0.3) is 10.9 Å². The van der Waals surface area contributed by atoms with Crippen LogP contribution in [0.5, 0.6) is 5.88 Å². The average Bonchev–Trinajstić information content (AvgIpc) is 2.97. The van der Waals surface area contributed by atoms with Crippen molar-refractivity contribution >= 4 is 22.5 Å². The number of methoxy groups -OCH3 is 1. The van der Waals surface area contributed by atoms with E-state index in [-0.39, 0.29) is 5.91 Å². The van der Waals surface area contributed by atoms with Gasteiger partial charge in [-0.05, 0) is 18.2 Å². The van der Waals surface area contributed by atoms with Gasteiger partial charge in [0.25, 0.3) is 0 Å². The summed E-state index contributed by atoms with van der Waals surface area (Å²) in [5.74, 6) is 0.460. The highest BCUT2D eigenvalue weighted by Gasteiger charge is 2.06. The van der Waals surface area contributed by atoms with Gasteiger partial charge in [-0.3, -0.25) is 9.78 Å². The number of fused-ring (bicyclic) bond motifs is 1. The third-order valence-corrected chi connectivity index (χ3v) is 3.39. The number of amides is 1. The van der Waals surface area contributed by atoms with E-state index in [9.17, 15) is 4.79 Å². The summed E-state index contributed by atoms with van der Waals surface area (Å²) >= 11 is 0. The summed E-state index contributed by atoms with van der Waals surface area (Å²) in [6.45, 7) is 0.602. The van der Waals surface area contributed by atoms with Gasteiger partial charge in [-0.1, -0.05) is 0 Å². The van der Waals surface area contributed by atoms with Crippen LogP contribution in [0.1, 0.15) is 6.42 Å². The molecule has 6 heteroatoms. The first-order valence-electron chi connectivity index (χ1n) is 6.95. The van der Waals surface area contributed by atoms with Crippen molar-refractivity contribution in [3.8, 4) is 5.88 Å². The Bertz CT molecular complexity index is 780. The molecule has 0 aliphatic heterocycles. The van der Waals surface area contributed by atoms with Crippen LogP contribution in [-0.4, -0.2) is 27.6 Å². The van der Waals surface area contributed by atoms with Crippen molar-refractivity contribution in [2.24, 2.45) is 0 Å². The van der Waals surface area contributed by atoms with E-state index in [1.165, 1.54) is 0 Å². The van der Waals surface area contributed by atoms with E-state index in [0.717, 1.165) is 10.9 Å². The van der Waals surface area contributed by atoms with E-state index in [2.05, 4.69) is 15.3 Å². The highest BCUT2D eigenvalue weighted by atomic mass is 16.5. The van der Waals surface area contributed by atoms with Gasteiger partial charge < -0.3 is 14.6 Å². The Labute approximate surface area is 127 Å². The molecule has 0 bridgehead atoms. The number of anilines is 1. The molecule has 0 saturated carbocycles. The largest absolute Gasteiger partial charge is 0.481 e. The van der Waals surface area contributed by atoms with E-state index in [1.54, 1.807) is 37.8 Å². The second-order valence-electron chi connectivity index (χ2n) is 4.83. The first-order chi connectivity index (χ1) is 10.8. The Balaban J connectivity index is 1.60. The van der Waals surface area contributed by atoms with Crippen molar-refractivity contribution in [3.63, 3.8) is 0 Å². The summed E-state index contributed by atoms with van der Waals surface area (Å²) in [5, 5.41) is 3.94. The van der Waals surface area contributed by atoms with Gasteiger partial charge in [0.2, 0.25) is 11.8 Å². The van der Waals surface area contributed by atoms with Crippen LogP contribution in [0.4, 0.5) is 5.69 Å². The molecule has 3 aromatic heterocycles. The predicted molar refractivity (Wildman–Crippen MR) is 83.8 cm³/mol. The van der Waals surface area contributed by atoms with Crippen molar-refractivity contribution in [1.82, 2.24) is 14.5 Å². The number of nitrogens with one attached hydrogen (secondary N) is 1. The third-order valence-electron chi connectivity index (χ3n) is 3.39. The molecule has 0 aliphatic carbocycles. The Kier molecular flexibility index (Phi) is 4.00. The lowest BCUT2D eigenvalue weighted by Crippen LogP contribution is -2.14. The minimum absolute atomic E-state index is 0.0577. The number of aromatic nitrogens is 3. The molecular formula is C16H16N4O2. The molecule has 1 N–H and O–H groups in total. The normalized spacial score (nSPS) is 10.6. The lowest BCUT2D eigenvalue weighted by atomic mass is 10.3. The molecule has 22 heavy (non-hydrogen) atoms. The Morgan fingerprint density at radius 2 is 2.18 bits per heavy atom. The van der Waals surface area contributed by atoms with Gasteiger partial charge in [-0.25, -0.2) is 4.98 Å². The van der Waals surface area contributed by atoms with Gasteiger partial charge in [0.05, 0.1) is 30.7 Å². The summed E-state index contributed by atoms with van der Waals surface area (Å²) in [5.41, 5.74) is 1.69. The predicted octanol–water partition coefficient (Wildman–Crippen LogP) is 2.47. The van der Waals surface area contributed by atoms with Gasteiger partial charge in [-0.2, -0.15) is 0 Å². The molecule has 3 heterocycles. The maximum absolute atomic E-state index is 12.0. The minimum atomic E-state index is -0.0577. The lowest BCUT2D eigenvalue weighted by Gasteiger charge is -2.07. The number of rotatable bonds is 5. The molecule has 0 unspecified atom stereocenters. The van der Waals surface area contributed by atoms with Crippen LogP contribution >= 0.6 is 0 Å². The summed E-state index contributed by atoms with van der Waals surface area (Å²) in [6.07, 6.45) is 7.49. The smallest absolute Gasteiger partial charge is 0.226 e. The molecule has 112 valence electrons. The second-order valence-corrected chi connectivity index (χ2v) is 4.83. The fourth-order valence-corrected chi connectivity index (χ4v) is 2.24. The lowest BCUT2D eigenvalue weighted by molar-refractivity contribution is -0.116. The SMILES string of the molecule is COc1ccc(NC(=O)CCn2ccc3ccncc32)cn1. The first-order valence-corrected chi connectivity index (χ1v) is 6.95. The number of pyridine rings is 2. The molecule has 0 atom stereocenters. The topological polar surface area (TPSA) is 69.0 Å². The van der Waals surface area contributed by atoms with E-state index in [4.69, 9.17) is 4.74 Å². The van der Waals surface area contributed by atoms with Crippen LogP contribution in [0.2, 0.25) is 0 Å². The van der Waals surface area contributed by atoms with Gasteiger partial charge in [-0.15, -0.1) is 0 Å². The molecule has 1 amide bonds. The van der Waals surface area contributed by atoms with Crippen LogP contribution in [0.3, 0.4) is 0 Å². The summed E-state index contributed by atoms with van der Waals surface area (Å²) < 4.78 is 7.00. The third kappa shape index (κ3) is 3.06. The summed E-state index contributed by atoms with van der Waals surface area (Å²) in [7, 11) is 1.55. The number of aryl methyl sites for hydroxylation is 1. The van der Waals surface area contributed by atoms with E-state index >= 15 is 0 Å². The highest BCUT2D eigenvalue weighted by Crippen LogP contribution is 2.15. The van der Waals surface area contributed by atoms with Crippen molar-refractivity contribution in [2.45, 2.75) is 13.0 Å². The zero-order chi connectivity index (χ0) is 15.4. The number of carbonyl (C=O) groups is 1. The van der Waals surface area contributed by atoms with Crippen molar-refractivity contribution in [1.29, 1.82) is 0 Å². The molecule has 0 aliphatic rings. The molecule has 0 spiro atoms. The van der Waals surface area contributed by atoms with Crippen LogP contribution in [-0.2, 0) is 11.3 Å². The van der Waals surface area contributed by atoms with E-state index < -0.39 is 0 Å². The number of hydrogen-bond donors (Lipinski definition) is 1. The number of carbonyl (C=O) groups excluding carboxylic acids is 1. The quantitative estimate of drug-likeness (QED) is 0.785. The van der Waals surface area contributed by atoms with Crippen LogP contribution in [0.15, 0.2) is 49.1 Å². The Morgan fingerprint density at radius 3 is 2.95 bits per heavy atom. The van der Waals surface area contributed by atoms with Crippen molar-refractivity contribution < 1.29 is 9.53 Å². The van der Waals surface area contributed by atoms with Crippen molar-refractivity contribution in [3.05, 3.63) is 49.1 Å². The summed E-state index contributed by atoms with van der Waals surface area (Å²) in [4.78, 5) is 20.2. The molecule has 3 aromatic rings. The molecular weight excluding hydrogens is 280 g/mol. The van der Waals surface area contributed by atoms with E-state index in [0.29, 0.717) is 24.5 Å². The van der Waals surface area contributed by atoms with Gasteiger partial charge in [0.15, 0.2) is 0 Å². The Morgan fingerprint density at radius 1 is 1.27 bits per heavy atom. The zero-order valence-corrected chi connectivity index (χ0v) is 12.2. The van der Waals surface area contributed by atoms with Crippen LogP contribution < -0.4 is 10.1 Å². The Hall–Kier alpha value is -2.89. The van der Waals surface area contributed by atoms with Crippen LogP contribution in [0, 0.1) is 0 Å². The second kappa shape index (κ2) is 6.26. The number of hydrogen-bond acceptors (Lipinski definition) is 4. The maximum Gasteiger partial charge on any atom is 0.226 e. The maximum atomic E-state index is 12.0. The molecule has 0 aromatic carbocycles. The monoisotopic (exact) mass is 296 g/mol. The average molecular weight is 296 g/mol. The molecule has 6 nitrogen and oxygen atoms in total. The molecule has 0 saturated heterocycles. The minimum Gasteiger partial charge on any atom is -0.481 e. The van der Waals surface area contributed by atoms with Crippen molar-refractivity contribution in [2.75, 3.05) is 12.4 Å². The zero-order valence-electron chi connectivity index (χ0n) is 12.2. The standard InChI is InChI=1S/C16H16N4O2/c1-22-16-3-2-13(10-18-16)19-15(21)6-9-20-8-5-12-4-7-17-11-14(12)20/h2-5,7-8,10-11H,6,9H2,1H3,(H,19,21). The fourth-order valence-electron chi connectivity index (χ4n) is 2.24. The molecule has 0 radical (unpaired) electrons. The number of ether oxygens (including phenoxy) is 1. The summed E-state index contributed by atoms with van der Waals surface area (Å²) in [6, 6.07) is 7.44. The molecule has 3 rings (SSSR count). The number of nitrogens with zero attached hydrogens (tertiary/aromatic N) is 3.